The number of halogens is 1. The fourth-order valence-electron chi connectivity index (χ4n) is 1.87. The topological polar surface area (TPSA) is 93.7 Å². The molecule has 7 nitrogen and oxygen atoms in total. The zero-order valence-electron chi connectivity index (χ0n) is 13.7. The van der Waals surface area contributed by atoms with Crippen LogP contribution < -0.4 is 15.4 Å². The van der Waals surface area contributed by atoms with Crippen LogP contribution in [0.5, 0.6) is 5.75 Å². The lowest BCUT2D eigenvalue weighted by Crippen LogP contribution is -2.41. The van der Waals surface area contributed by atoms with Gasteiger partial charge in [-0.2, -0.15) is 0 Å². The first kappa shape index (κ1) is 18.9. The molecule has 0 saturated carbocycles. The second kappa shape index (κ2) is 9.77. The van der Waals surface area contributed by atoms with Gasteiger partial charge < -0.3 is 14.8 Å². The Bertz CT molecular complexity index is 767. The molecule has 0 radical (unpaired) electrons. The van der Waals surface area contributed by atoms with E-state index in [1.807, 2.05) is 35.6 Å². The number of hydrogen-bond donors (Lipinski definition) is 2. The number of hydrogen-bond acceptors (Lipinski definition) is 5. The summed E-state index contributed by atoms with van der Waals surface area (Å²) >= 11 is 0. The van der Waals surface area contributed by atoms with Crippen molar-refractivity contribution in [2.75, 3.05) is 13.2 Å². The minimum Gasteiger partial charge on any atom is -0.482 e. The normalized spacial score (nSPS) is 9.88. The van der Waals surface area contributed by atoms with E-state index in [0.29, 0.717) is 0 Å². The number of benzene rings is 2. The van der Waals surface area contributed by atoms with E-state index < -0.39 is 36.9 Å². The molecule has 8 heteroatoms. The molecule has 136 valence electrons. The number of carbonyl (C=O) groups excluding carboxylic acids is 3. The smallest absolute Gasteiger partial charge is 0.344 e. The molecule has 3 amide bonds. The molecule has 2 aromatic carbocycles. The van der Waals surface area contributed by atoms with E-state index in [4.69, 9.17) is 4.74 Å². The van der Waals surface area contributed by atoms with Gasteiger partial charge in [0.2, 0.25) is 0 Å². The quantitative estimate of drug-likeness (QED) is 0.734. The van der Waals surface area contributed by atoms with E-state index in [9.17, 15) is 18.8 Å². The third-order valence-electron chi connectivity index (χ3n) is 3.07. The van der Waals surface area contributed by atoms with Gasteiger partial charge >= 0.3 is 12.0 Å². The van der Waals surface area contributed by atoms with Crippen molar-refractivity contribution in [1.29, 1.82) is 0 Å². The summed E-state index contributed by atoms with van der Waals surface area (Å²) in [6.07, 6.45) is 0. The van der Waals surface area contributed by atoms with Crippen LogP contribution in [0.25, 0.3) is 0 Å². The van der Waals surface area contributed by atoms with Crippen molar-refractivity contribution in [3.63, 3.8) is 0 Å². The van der Waals surface area contributed by atoms with Gasteiger partial charge in [-0.25, -0.2) is 14.0 Å². The summed E-state index contributed by atoms with van der Waals surface area (Å²) in [5.74, 6) is -1.95. The van der Waals surface area contributed by atoms with Crippen molar-refractivity contribution >= 4 is 17.9 Å². The van der Waals surface area contributed by atoms with Crippen LogP contribution in [0.3, 0.4) is 0 Å². The molecule has 0 aliphatic heterocycles. The molecule has 2 rings (SSSR count). The van der Waals surface area contributed by atoms with Gasteiger partial charge in [-0.1, -0.05) is 36.4 Å². The van der Waals surface area contributed by atoms with Crippen LogP contribution in [0.2, 0.25) is 0 Å². The Balaban J connectivity index is 1.62. The Kier molecular flexibility index (Phi) is 7.11. The lowest BCUT2D eigenvalue weighted by atomic mass is 10.2. The first-order valence-electron chi connectivity index (χ1n) is 7.68. The highest BCUT2D eigenvalue weighted by Gasteiger charge is 2.11. The van der Waals surface area contributed by atoms with Gasteiger partial charge in [-0.05, 0) is 17.7 Å². The van der Waals surface area contributed by atoms with Gasteiger partial charge in [-0.15, -0.1) is 0 Å². The summed E-state index contributed by atoms with van der Waals surface area (Å²) in [7, 11) is 0. The Labute approximate surface area is 149 Å². The van der Waals surface area contributed by atoms with Gasteiger partial charge in [0.1, 0.15) is 11.6 Å². The summed E-state index contributed by atoms with van der Waals surface area (Å²) in [6, 6.07) is 13.7. The maximum Gasteiger partial charge on any atom is 0.344 e. The van der Waals surface area contributed by atoms with Crippen LogP contribution in [0.4, 0.5) is 9.18 Å². The number of urea groups is 1. The van der Waals surface area contributed by atoms with Crippen molar-refractivity contribution in [2.24, 2.45) is 0 Å². The SMILES string of the molecule is O=C(COC(=O)COc1cccc(F)c1)NC(=O)NCc1ccccc1. The van der Waals surface area contributed by atoms with Crippen LogP contribution >= 0.6 is 0 Å². The Morgan fingerprint density at radius 1 is 0.962 bits per heavy atom. The maximum atomic E-state index is 13.0. The zero-order valence-corrected chi connectivity index (χ0v) is 13.7. The summed E-state index contributed by atoms with van der Waals surface area (Å²) in [5.41, 5.74) is 0.871. The Morgan fingerprint density at radius 3 is 2.46 bits per heavy atom. The average molecular weight is 360 g/mol. The number of carbonyl (C=O) groups is 3. The largest absolute Gasteiger partial charge is 0.482 e. The fraction of sp³-hybridized carbons (Fsp3) is 0.167. The van der Waals surface area contributed by atoms with Crippen LogP contribution in [0.1, 0.15) is 5.56 Å². The first-order valence-corrected chi connectivity index (χ1v) is 7.68. The van der Waals surface area contributed by atoms with E-state index >= 15 is 0 Å². The minimum atomic E-state index is -0.825. The molecule has 2 N–H and O–H groups in total. The van der Waals surface area contributed by atoms with Crippen molar-refractivity contribution < 1.29 is 28.2 Å². The molecule has 2 aromatic rings. The first-order chi connectivity index (χ1) is 12.5. The molecule has 0 spiro atoms. The third kappa shape index (κ3) is 7.00. The Morgan fingerprint density at radius 2 is 1.73 bits per heavy atom. The van der Waals surface area contributed by atoms with E-state index in [0.717, 1.165) is 11.6 Å². The lowest BCUT2D eigenvalue weighted by Gasteiger charge is -2.08. The van der Waals surface area contributed by atoms with Gasteiger partial charge in [0.25, 0.3) is 5.91 Å². The predicted molar refractivity (Wildman–Crippen MR) is 89.7 cm³/mol. The molecule has 0 saturated heterocycles. The molecule has 0 aliphatic carbocycles. The van der Waals surface area contributed by atoms with E-state index in [1.165, 1.54) is 18.2 Å². The number of amides is 3. The highest BCUT2D eigenvalue weighted by Crippen LogP contribution is 2.11. The summed E-state index contributed by atoms with van der Waals surface area (Å²) < 4.78 is 22.6. The highest BCUT2D eigenvalue weighted by atomic mass is 19.1. The van der Waals surface area contributed by atoms with Crippen molar-refractivity contribution in [3.05, 3.63) is 66.0 Å². The molecule has 0 aliphatic rings. The van der Waals surface area contributed by atoms with Crippen molar-refractivity contribution in [2.45, 2.75) is 6.54 Å². The molecule has 26 heavy (non-hydrogen) atoms. The van der Waals surface area contributed by atoms with E-state index in [-0.39, 0.29) is 12.3 Å². The summed E-state index contributed by atoms with van der Waals surface area (Å²) in [5, 5.41) is 4.53. The fourth-order valence-corrected chi connectivity index (χ4v) is 1.87. The van der Waals surface area contributed by atoms with Crippen LogP contribution in [0, 0.1) is 5.82 Å². The number of esters is 1. The van der Waals surface area contributed by atoms with Gasteiger partial charge in [-0.3, -0.25) is 10.1 Å². The van der Waals surface area contributed by atoms with Gasteiger partial charge in [0, 0.05) is 12.6 Å². The predicted octanol–water partition coefficient (Wildman–Crippen LogP) is 1.77. The van der Waals surface area contributed by atoms with Gasteiger partial charge in [0.15, 0.2) is 13.2 Å². The second-order valence-electron chi connectivity index (χ2n) is 5.12. The highest BCUT2D eigenvalue weighted by molar-refractivity contribution is 5.95. The maximum absolute atomic E-state index is 13.0. The molecular weight excluding hydrogens is 343 g/mol. The number of ether oxygens (including phenoxy) is 2. The second-order valence-corrected chi connectivity index (χ2v) is 5.12. The minimum absolute atomic E-state index is 0.159. The van der Waals surface area contributed by atoms with Crippen LogP contribution in [-0.4, -0.2) is 31.1 Å². The molecule has 0 bridgehead atoms. The van der Waals surface area contributed by atoms with E-state index in [2.05, 4.69) is 10.1 Å². The molecule has 0 aromatic heterocycles. The standard InChI is InChI=1S/C18H17FN2O5/c19-14-7-4-8-15(9-14)25-12-17(23)26-11-16(22)21-18(24)20-10-13-5-2-1-3-6-13/h1-9H,10-12H2,(H2,20,21,22,24). The molecule has 0 heterocycles. The monoisotopic (exact) mass is 360 g/mol. The third-order valence-corrected chi connectivity index (χ3v) is 3.07. The summed E-state index contributed by atoms with van der Waals surface area (Å²) in [4.78, 5) is 34.6. The number of nitrogens with one attached hydrogen (secondary N) is 2. The van der Waals surface area contributed by atoms with Crippen LogP contribution in [0.15, 0.2) is 54.6 Å². The summed E-state index contributed by atoms with van der Waals surface area (Å²) in [6.45, 7) is -0.873. The lowest BCUT2D eigenvalue weighted by molar-refractivity contribution is -0.150. The number of rotatable bonds is 7. The molecular formula is C18H17FN2O5. The average Bonchev–Trinajstić information content (AvgIpc) is 2.64. The Hall–Kier alpha value is -3.42. The zero-order chi connectivity index (χ0) is 18.8. The van der Waals surface area contributed by atoms with E-state index in [1.54, 1.807) is 0 Å². The van der Waals surface area contributed by atoms with Gasteiger partial charge in [0.05, 0.1) is 0 Å². The number of imide groups is 1. The molecule has 0 fully saturated rings. The van der Waals surface area contributed by atoms with Crippen molar-refractivity contribution in [1.82, 2.24) is 10.6 Å². The molecule has 0 atom stereocenters. The molecule has 0 unspecified atom stereocenters. The van der Waals surface area contributed by atoms with Crippen LogP contribution in [-0.2, 0) is 20.9 Å². The van der Waals surface area contributed by atoms with Crippen molar-refractivity contribution in [3.8, 4) is 5.75 Å².